The highest BCUT2D eigenvalue weighted by Crippen LogP contribution is 2.19. The standard InChI is InChI=1S/C9H15N3O5/c10-5(2-7(11)14)8(15)12-3-4(13)1-6(12)9(16)17/h4-6,13H,1-3,10H2,(H2,11,14)(H,16,17)/t4-,5?,6-/m0/s1. The molecule has 1 saturated heterocycles. The van der Waals surface area contributed by atoms with Gasteiger partial charge in [-0.3, -0.25) is 9.59 Å². The lowest BCUT2D eigenvalue weighted by molar-refractivity contribution is -0.148. The van der Waals surface area contributed by atoms with Gasteiger partial charge in [0.2, 0.25) is 11.8 Å². The van der Waals surface area contributed by atoms with Crippen LogP contribution in [0.25, 0.3) is 0 Å². The van der Waals surface area contributed by atoms with Gasteiger partial charge in [-0.2, -0.15) is 0 Å². The molecule has 0 bridgehead atoms. The van der Waals surface area contributed by atoms with Gasteiger partial charge in [-0.1, -0.05) is 0 Å². The van der Waals surface area contributed by atoms with Crippen LogP contribution in [0.3, 0.4) is 0 Å². The fourth-order valence-electron chi connectivity index (χ4n) is 1.81. The molecule has 0 saturated carbocycles. The number of carboxylic acids is 1. The molecule has 1 aliphatic rings. The summed E-state index contributed by atoms with van der Waals surface area (Å²) < 4.78 is 0. The molecule has 2 amide bonds. The maximum Gasteiger partial charge on any atom is 0.326 e. The van der Waals surface area contributed by atoms with Crippen molar-refractivity contribution in [3.63, 3.8) is 0 Å². The normalized spacial score (nSPS) is 25.6. The van der Waals surface area contributed by atoms with Crippen LogP contribution < -0.4 is 11.5 Å². The molecule has 1 rings (SSSR count). The molecule has 96 valence electrons. The summed E-state index contributed by atoms with van der Waals surface area (Å²) in [5.41, 5.74) is 10.3. The highest BCUT2D eigenvalue weighted by Gasteiger charge is 2.40. The van der Waals surface area contributed by atoms with E-state index >= 15 is 0 Å². The van der Waals surface area contributed by atoms with Crippen LogP contribution in [0.1, 0.15) is 12.8 Å². The van der Waals surface area contributed by atoms with Crippen molar-refractivity contribution in [3.8, 4) is 0 Å². The lowest BCUT2D eigenvalue weighted by atomic mass is 10.1. The molecular weight excluding hydrogens is 230 g/mol. The first kappa shape index (κ1) is 13.4. The molecule has 1 unspecified atom stereocenters. The molecule has 8 heteroatoms. The minimum absolute atomic E-state index is 0.0373. The van der Waals surface area contributed by atoms with E-state index in [1.54, 1.807) is 0 Å². The number of aliphatic hydroxyl groups is 1. The zero-order valence-electron chi connectivity index (χ0n) is 9.07. The lowest BCUT2D eigenvalue weighted by Crippen LogP contribution is -2.49. The van der Waals surface area contributed by atoms with Gasteiger partial charge in [0, 0.05) is 13.0 Å². The number of rotatable bonds is 4. The third-order valence-corrected chi connectivity index (χ3v) is 2.59. The molecule has 0 aromatic heterocycles. The third-order valence-electron chi connectivity index (χ3n) is 2.59. The summed E-state index contributed by atoms with van der Waals surface area (Å²) in [5.74, 6) is -2.63. The van der Waals surface area contributed by atoms with Crippen LogP contribution in [-0.2, 0) is 14.4 Å². The van der Waals surface area contributed by atoms with Crippen molar-refractivity contribution in [2.75, 3.05) is 6.54 Å². The number of β-amino-alcohol motifs (C(OH)–C–C–N with tert-alkyl or cyclic N) is 1. The second kappa shape index (κ2) is 5.11. The highest BCUT2D eigenvalue weighted by atomic mass is 16.4. The van der Waals surface area contributed by atoms with E-state index < -0.39 is 36.0 Å². The Morgan fingerprint density at radius 2 is 2.00 bits per heavy atom. The Hall–Kier alpha value is -1.67. The van der Waals surface area contributed by atoms with Gasteiger partial charge in [0.25, 0.3) is 0 Å². The molecule has 0 radical (unpaired) electrons. The summed E-state index contributed by atoms with van der Waals surface area (Å²) in [6.45, 7) is -0.0950. The van der Waals surface area contributed by atoms with Crippen LogP contribution in [0.2, 0.25) is 0 Å². The maximum absolute atomic E-state index is 11.8. The Kier molecular flexibility index (Phi) is 4.02. The van der Waals surface area contributed by atoms with E-state index in [1.807, 2.05) is 0 Å². The number of amides is 2. The van der Waals surface area contributed by atoms with Crippen molar-refractivity contribution in [1.82, 2.24) is 4.90 Å². The minimum atomic E-state index is -1.21. The number of carbonyl (C=O) groups excluding carboxylic acids is 2. The van der Waals surface area contributed by atoms with Gasteiger partial charge in [0.05, 0.1) is 18.6 Å². The van der Waals surface area contributed by atoms with Crippen molar-refractivity contribution in [1.29, 1.82) is 0 Å². The molecule has 6 N–H and O–H groups in total. The monoisotopic (exact) mass is 245 g/mol. The zero-order chi connectivity index (χ0) is 13.2. The van der Waals surface area contributed by atoms with Crippen LogP contribution in [-0.4, -0.2) is 57.6 Å². The predicted molar refractivity (Wildman–Crippen MR) is 55.5 cm³/mol. The van der Waals surface area contributed by atoms with E-state index in [9.17, 15) is 19.5 Å². The smallest absolute Gasteiger partial charge is 0.326 e. The first-order valence-electron chi connectivity index (χ1n) is 5.08. The number of aliphatic carboxylic acids is 1. The molecule has 1 fully saturated rings. The van der Waals surface area contributed by atoms with Crippen LogP contribution in [0.4, 0.5) is 0 Å². The first-order valence-corrected chi connectivity index (χ1v) is 5.08. The number of carbonyl (C=O) groups is 3. The van der Waals surface area contributed by atoms with Crippen molar-refractivity contribution < 1.29 is 24.6 Å². The Morgan fingerprint density at radius 3 is 2.47 bits per heavy atom. The number of nitrogens with two attached hydrogens (primary N) is 2. The molecule has 8 nitrogen and oxygen atoms in total. The molecule has 17 heavy (non-hydrogen) atoms. The number of aliphatic hydroxyl groups excluding tert-OH is 1. The van der Waals surface area contributed by atoms with Gasteiger partial charge in [-0.15, -0.1) is 0 Å². The molecule has 0 spiro atoms. The van der Waals surface area contributed by atoms with Gasteiger partial charge in [0.1, 0.15) is 6.04 Å². The average Bonchev–Trinajstić information content (AvgIpc) is 2.58. The fraction of sp³-hybridized carbons (Fsp3) is 0.667. The van der Waals surface area contributed by atoms with Crippen molar-refractivity contribution in [2.45, 2.75) is 31.0 Å². The quantitative estimate of drug-likeness (QED) is 0.421. The fourth-order valence-corrected chi connectivity index (χ4v) is 1.81. The number of primary amides is 1. The van der Waals surface area contributed by atoms with Gasteiger partial charge >= 0.3 is 5.97 Å². The summed E-state index contributed by atoms with van der Waals surface area (Å²) in [7, 11) is 0. The molecule has 0 aliphatic carbocycles. The van der Waals surface area contributed by atoms with E-state index in [0.29, 0.717) is 0 Å². The van der Waals surface area contributed by atoms with Crippen molar-refractivity contribution in [3.05, 3.63) is 0 Å². The number of nitrogens with zero attached hydrogens (tertiary/aromatic N) is 1. The number of hydrogen-bond donors (Lipinski definition) is 4. The van der Waals surface area contributed by atoms with E-state index in [2.05, 4.69) is 0 Å². The third kappa shape index (κ3) is 3.14. The van der Waals surface area contributed by atoms with Crippen LogP contribution in [0, 0.1) is 0 Å². The summed E-state index contributed by atoms with van der Waals surface area (Å²) >= 11 is 0. The van der Waals surface area contributed by atoms with E-state index in [4.69, 9.17) is 16.6 Å². The zero-order valence-corrected chi connectivity index (χ0v) is 9.07. The number of carboxylic acid groups (broad SMARTS) is 1. The van der Waals surface area contributed by atoms with Crippen molar-refractivity contribution in [2.24, 2.45) is 11.5 Å². The molecule has 0 aromatic rings. The molecule has 0 aromatic carbocycles. The second-order valence-corrected chi connectivity index (χ2v) is 4.01. The van der Waals surface area contributed by atoms with Gasteiger partial charge in [-0.05, 0) is 0 Å². The Balaban J connectivity index is 2.73. The highest BCUT2D eigenvalue weighted by molar-refractivity contribution is 5.90. The topological polar surface area (TPSA) is 147 Å². The maximum atomic E-state index is 11.8. The summed E-state index contributed by atoms with van der Waals surface area (Å²) in [4.78, 5) is 34.2. The van der Waals surface area contributed by atoms with E-state index in [1.165, 1.54) is 0 Å². The van der Waals surface area contributed by atoms with Crippen LogP contribution in [0.5, 0.6) is 0 Å². The van der Waals surface area contributed by atoms with Crippen molar-refractivity contribution >= 4 is 17.8 Å². The number of likely N-dealkylation sites (tertiary alicyclic amines) is 1. The minimum Gasteiger partial charge on any atom is -0.480 e. The summed E-state index contributed by atoms with van der Waals surface area (Å²) in [5, 5.41) is 18.2. The Morgan fingerprint density at radius 1 is 1.41 bits per heavy atom. The SMILES string of the molecule is NC(=O)CC(N)C(=O)N1C[C@@H](O)C[C@H]1C(=O)O. The molecule has 3 atom stereocenters. The largest absolute Gasteiger partial charge is 0.480 e. The van der Waals surface area contributed by atoms with E-state index in [-0.39, 0.29) is 19.4 Å². The van der Waals surface area contributed by atoms with Crippen LogP contribution in [0.15, 0.2) is 0 Å². The number of hydrogen-bond acceptors (Lipinski definition) is 5. The second-order valence-electron chi connectivity index (χ2n) is 4.01. The Labute approximate surface area is 97.2 Å². The van der Waals surface area contributed by atoms with Gasteiger partial charge < -0.3 is 26.6 Å². The molecule has 1 aliphatic heterocycles. The summed E-state index contributed by atoms with van der Waals surface area (Å²) in [6.07, 6.45) is -1.27. The van der Waals surface area contributed by atoms with Gasteiger partial charge in [0.15, 0.2) is 0 Å². The molecular formula is C9H15N3O5. The van der Waals surface area contributed by atoms with Crippen LogP contribution >= 0.6 is 0 Å². The predicted octanol–water partition coefficient (Wildman–Crippen LogP) is -2.76. The average molecular weight is 245 g/mol. The van der Waals surface area contributed by atoms with Gasteiger partial charge in [-0.25, -0.2) is 4.79 Å². The van der Waals surface area contributed by atoms with E-state index in [0.717, 1.165) is 4.90 Å². The summed E-state index contributed by atoms with van der Waals surface area (Å²) in [6, 6.07) is -2.27. The Bertz CT molecular complexity index is 346. The first-order chi connectivity index (χ1) is 7.82. The molecule has 1 heterocycles. The lowest BCUT2D eigenvalue weighted by Gasteiger charge is -2.23.